The Morgan fingerprint density at radius 3 is 2.56 bits per heavy atom. The van der Waals surface area contributed by atoms with Gasteiger partial charge in [-0.25, -0.2) is 9.36 Å². The zero-order valence-electron chi connectivity index (χ0n) is 17.1. The second-order valence-electron chi connectivity index (χ2n) is 7.39. The van der Waals surface area contributed by atoms with Crippen LogP contribution in [0.25, 0.3) is 0 Å². The van der Waals surface area contributed by atoms with Crippen LogP contribution in [0.2, 0.25) is 0 Å². The van der Waals surface area contributed by atoms with Gasteiger partial charge in [0.25, 0.3) is 0 Å². The fourth-order valence-electron chi connectivity index (χ4n) is 3.22. The quantitative estimate of drug-likeness (QED) is 0.144. The van der Waals surface area contributed by atoms with E-state index in [1.165, 1.54) is 6.07 Å². The number of aliphatic hydroxyl groups excluding tert-OH is 4. The van der Waals surface area contributed by atoms with Gasteiger partial charge in [0.15, 0.2) is 6.23 Å². The lowest BCUT2D eigenvalue weighted by Gasteiger charge is -2.43. The highest BCUT2D eigenvalue weighted by Crippen LogP contribution is 2.56. The Kier molecular flexibility index (Phi) is 7.94. The largest absolute Gasteiger partial charge is 0.681 e. The number of ether oxygens (including phenoxy) is 1. The molecule has 2 aliphatic rings. The molecule has 1 aromatic heterocycles. The fraction of sp³-hybridized carbons (Fsp3) is 0.500. The number of aliphatic hydroxyl groups is 4. The fourth-order valence-corrected chi connectivity index (χ4v) is 5.17. The smallest absolute Gasteiger partial charge is 0.529 e. The standard InChI is InChI=1S/C16H23N3O13P2/c17-11-3-4-19(16(24)18-11)14-13(23)12(22)10(31-14)6-30-34(28,29)32-15(33(25,26)27)7-1-2-8(20)9(21)5-7/h1-4,8-10,12-14,20-23H,5-6H2,(H,28,29)(H2,17,18,24)(H2,25,26,27)/p-2/b15-7+/t8-,9+,10+,12+,13+,14+/m0/s1. The molecule has 1 aliphatic carbocycles. The lowest BCUT2D eigenvalue weighted by atomic mass is 9.98. The van der Waals surface area contributed by atoms with Crippen LogP contribution in [0.15, 0.2) is 40.3 Å². The van der Waals surface area contributed by atoms with Crippen LogP contribution in [-0.2, 0) is 18.3 Å². The first kappa shape index (κ1) is 26.8. The van der Waals surface area contributed by atoms with Gasteiger partial charge in [-0.3, -0.25) is 14.0 Å². The molecule has 16 nitrogen and oxygen atoms in total. The topological polar surface area (TPSA) is 276 Å². The van der Waals surface area contributed by atoms with Crippen LogP contribution in [0.1, 0.15) is 12.6 Å². The molecule has 0 amide bonds. The third-order valence-electron chi connectivity index (χ3n) is 4.91. The van der Waals surface area contributed by atoms with Gasteiger partial charge in [-0.05, 0) is 6.07 Å². The van der Waals surface area contributed by atoms with Crippen LogP contribution in [-0.4, -0.2) is 72.0 Å². The molecule has 7 atom stereocenters. The Bertz CT molecular complexity index is 1070. The third-order valence-corrected chi connectivity index (χ3v) is 6.82. The Balaban J connectivity index is 1.73. The van der Waals surface area contributed by atoms with Crippen LogP contribution >= 0.6 is 15.8 Å². The zero-order valence-corrected chi connectivity index (χ0v) is 18.8. The maximum atomic E-state index is 12.3. The van der Waals surface area contributed by atoms with Crippen molar-refractivity contribution in [1.82, 2.24) is 9.55 Å². The summed E-state index contributed by atoms with van der Waals surface area (Å²) in [7, 11) is -11.1. The summed E-state index contributed by atoms with van der Waals surface area (Å²) in [6.45, 7) is -0.943. The van der Waals surface area contributed by atoms with E-state index in [2.05, 4.69) is 14.0 Å². The highest BCUT2D eigenvalue weighted by Gasteiger charge is 2.45. The van der Waals surface area contributed by atoms with Gasteiger partial charge in [-0.1, -0.05) is 20.1 Å². The first-order chi connectivity index (χ1) is 15.7. The Labute approximate surface area is 191 Å². The van der Waals surface area contributed by atoms with Crippen molar-refractivity contribution in [2.45, 2.75) is 43.2 Å². The average molecular weight is 525 g/mol. The predicted molar refractivity (Wildman–Crippen MR) is 105 cm³/mol. The first-order valence-electron chi connectivity index (χ1n) is 9.53. The van der Waals surface area contributed by atoms with Gasteiger partial charge >= 0.3 is 13.5 Å². The lowest BCUT2D eigenvalue weighted by molar-refractivity contribution is -0.426. The summed E-state index contributed by atoms with van der Waals surface area (Å²) < 4.78 is 27.5. The first-order valence-corrected chi connectivity index (χ1v) is 12.6. The van der Waals surface area contributed by atoms with Crippen molar-refractivity contribution in [2.75, 3.05) is 12.3 Å². The third kappa shape index (κ3) is 6.07. The molecule has 3 rings (SSSR count). The van der Waals surface area contributed by atoms with Crippen molar-refractivity contribution in [1.29, 1.82) is 0 Å². The number of hydrogen-bond acceptors (Lipinski definition) is 14. The van der Waals surface area contributed by atoms with Gasteiger partial charge in [0.1, 0.15) is 24.1 Å². The minimum atomic E-state index is -5.79. The number of nitrogen functional groups attached to an aromatic ring is 1. The number of nitrogens with zero attached hydrogens (tertiary/aromatic N) is 2. The normalized spacial score (nSPS) is 32.9. The molecule has 190 valence electrons. The van der Waals surface area contributed by atoms with Gasteiger partial charge in [-0.2, -0.15) is 4.98 Å². The molecule has 0 spiro atoms. The number of aromatic nitrogens is 2. The van der Waals surface area contributed by atoms with Gasteiger partial charge in [0, 0.05) is 18.2 Å². The van der Waals surface area contributed by atoms with Gasteiger partial charge in [0.05, 0.1) is 18.8 Å². The molecule has 1 aliphatic heterocycles. The number of anilines is 1. The van der Waals surface area contributed by atoms with E-state index in [0.29, 0.717) is 0 Å². The number of nitrogens with two attached hydrogens (primary N) is 1. The molecule has 1 saturated heterocycles. The number of allylic oxidation sites excluding steroid dienone is 1. The van der Waals surface area contributed by atoms with Crippen molar-refractivity contribution in [3.05, 3.63) is 46.0 Å². The second-order valence-corrected chi connectivity index (χ2v) is 10.2. The van der Waals surface area contributed by atoms with Crippen LogP contribution in [0.4, 0.5) is 5.82 Å². The monoisotopic (exact) mass is 525 g/mol. The molecule has 0 bridgehead atoms. The summed E-state index contributed by atoms with van der Waals surface area (Å²) in [6.07, 6.45) is -6.82. The average Bonchev–Trinajstić information content (AvgIpc) is 3.00. The molecule has 0 aromatic carbocycles. The lowest BCUT2D eigenvalue weighted by Crippen LogP contribution is -2.36. The van der Waals surface area contributed by atoms with Gasteiger partial charge in [-0.15, -0.1) is 0 Å². The van der Waals surface area contributed by atoms with Crippen molar-refractivity contribution < 1.29 is 58.3 Å². The molecule has 0 radical (unpaired) electrons. The SMILES string of the molecule is Nc1ccn([C@@H]2O[C@H](COP(=O)(O)O/C(=C3/C=C[C@H](O)[C@H](O)C3)[P+]([O-])([O-])[O-])[C@@H](O)[C@H]2O)c(=O)n1. The van der Waals surface area contributed by atoms with Crippen LogP contribution in [0, 0.1) is 0 Å². The molecule has 1 fully saturated rings. The molecule has 18 heteroatoms. The zero-order chi connectivity index (χ0) is 25.4. The van der Waals surface area contributed by atoms with Crippen molar-refractivity contribution in [3.63, 3.8) is 0 Å². The number of phosphoric ester groups is 1. The number of rotatable bonds is 7. The predicted octanol–water partition coefficient (Wildman–Crippen LogP) is -4.68. The molecule has 0 saturated carbocycles. The van der Waals surface area contributed by atoms with Gasteiger partial charge < -0.3 is 50.1 Å². The summed E-state index contributed by atoms with van der Waals surface area (Å²) >= 11 is 0. The second kappa shape index (κ2) is 10.1. The molecule has 1 unspecified atom stereocenters. The van der Waals surface area contributed by atoms with Crippen LogP contribution in [0.3, 0.4) is 0 Å². The van der Waals surface area contributed by atoms with Crippen LogP contribution in [0.5, 0.6) is 0 Å². The van der Waals surface area contributed by atoms with E-state index < -0.39 is 82.3 Å². The molecule has 7 N–H and O–H groups in total. The van der Waals surface area contributed by atoms with Crippen molar-refractivity contribution in [2.24, 2.45) is 0 Å². The minimum Gasteiger partial charge on any atom is -0.681 e. The highest BCUT2D eigenvalue weighted by molar-refractivity contribution is 7.59. The highest BCUT2D eigenvalue weighted by atomic mass is 31.2. The molecule has 34 heavy (non-hydrogen) atoms. The summed E-state index contributed by atoms with van der Waals surface area (Å²) in [4.78, 5) is 60.1. The molecular weight excluding hydrogens is 504 g/mol. The van der Waals surface area contributed by atoms with E-state index in [-0.39, 0.29) is 5.82 Å². The van der Waals surface area contributed by atoms with E-state index in [1.54, 1.807) is 0 Å². The number of phosphoric acid groups is 1. The maximum Gasteiger partial charge on any atom is 0.529 e. The van der Waals surface area contributed by atoms with E-state index in [0.717, 1.165) is 22.9 Å². The summed E-state index contributed by atoms with van der Waals surface area (Å²) in [5.41, 5.74) is 2.50. The van der Waals surface area contributed by atoms with Crippen molar-refractivity contribution in [3.8, 4) is 0 Å². The van der Waals surface area contributed by atoms with E-state index in [4.69, 9.17) is 10.5 Å². The maximum absolute atomic E-state index is 12.3. The van der Waals surface area contributed by atoms with E-state index in [1.807, 2.05) is 0 Å². The van der Waals surface area contributed by atoms with Gasteiger partial charge in [0.2, 0.25) is 5.50 Å². The Morgan fingerprint density at radius 2 is 1.97 bits per heavy atom. The van der Waals surface area contributed by atoms with E-state index in [9.17, 15) is 49.4 Å². The summed E-state index contributed by atoms with van der Waals surface area (Å²) in [5.74, 6) is -0.110. The Hall–Kier alpha value is -1.78. The summed E-state index contributed by atoms with van der Waals surface area (Å²) in [5, 5.41) is 39.5. The summed E-state index contributed by atoms with van der Waals surface area (Å²) in [6, 6.07) is 1.22. The molecule has 1 aromatic rings. The number of hydrogen-bond donors (Lipinski definition) is 6. The minimum absolute atomic E-state index is 0.110. The molecular formula is C16H21N3O13P2-2. The van der Waals surface area contributed by atoms with Crippen LogP contribution < -0.4 is 26.1 Å². The Morgan fingerprint density at radius 1 is 1.29 bits per heavy atom. The van der Waals surface area contributed by atoms with E-state index >= 15 is 0 Å². The molecule has 2 heterocycles. The van der Waals surface area contributed by atoms with Crippen molar-refractivity contribution >= 4 is 21.6 Å².